The molecule has 0 fully saturated rings. The standard InChI is InChI=1S/C14H20N6O3/c1-4-18-8-12(11(3)17-18)5-15-14(21)10(2)7-19-9-13(6-16-19)20(22)23/h6,8-10H,4-5,7H2,1-3H3,(H,15,21). The molecule has 0 spiro atoms. The first-order valence-corrected chi connectivity index (χ1v) is 7.38. The number of hydrogen-bond acceptors (Lipinski definition) is 5. The number of carbonyl (C=O) groups excluding carboxylic acids is 1. The molecule has 2 heterocycles. The minimum Gasteiger partial charge on any atom is -0.352 e. The molecular weight excluding hydrogens is 300 g/mol. The molecule has 1 atom stereocenters. The number of amides is 1. The molecule has 1 amide bonds. The first kappa shape index (κ1) is 16.7. The molecule has 0 aliphatic heterocycles. The molecule has 0 saturated carbocycles. The number of carbonyl (C=O) groups is 1. The van der Waals surface area contributed by atoms with Crippen LogP contribution in [0.1, 0.15) is 25.1 Å². The van der Waals surface area contributed by atoms with Crippen molar-refractivity contribution < 1.29 is 9.72 Å². The number of rotatable bonds is 7. The molecule has 0 saturated heterocycles. The lowest BCUT2D eigenvalue weighted by atomic mass is 10.1. The molecule has 0 aromatic carbocycles. The zero-order valence-electron chi connectivity index (χ0n) is 13.4. The summed E-state index contributed by atoms with van der Waals surface area (Å²) in [7, 11) is 0. The molecule has 2 rings (SSSR count). The predicted octanol–water partition coefficient (Wildman–Crippen LogP) is 1.27. The highest BCUT2D eigenvalue weighted by molar-refractivity contribution is 5.78. The third-order valence-electron chi connectivity index (χ3n) is 3.56. The van der Waals surface area contributed by atoms with Gasteiger partial charge in [-0.3, -0.25) is 24.3 Å². The Kier molecular flexibility index (Phi) is 5.09. The summed E-state index contributed by atoms with van der Waals surface area (Å²) in [4.78, 5) is 22.2. The van der Waals surface area contributed by atoms with Gasteiger partial charge in [-0.05, 0) is 13.8 Å². The predicted molar refractivity (Wildman–Crippen MR) is 82.5 cm³/mol. The SMILES string of the molecule is CCn1cc(CNC(=O)C(C)Cn2cc([N+](=O)[O-])cn2)c(C)n1. The molecule has 9 heteroatoms. The van der Waals surface area contributed by atoms with Gasteiger partial charge in [0.2, 0.25) is 5.91 Å². The van der Waals surface area contributed by atoms with Crippen LogP contribution in [-0.2, 0) is 24.4 Å². The first-order chi connectivity index (χ1) is 10.9. The van der Waals surface area contributed by atoms with Gasteiger partial charge in [0.25, 0.3) is 0 Å². The van der Waals surface area contributed by atoms with Crippen LogP contribution in [0.2, 0.25) is 0 Å². The maximum absolute atomic E-state index is 12.1. The fourth-order valence-electron chi connectivity index (χ4n) is 2.16. The Morgan fingerprint density at radius 2 is 2.17 bits per heavy atom. The van der Waals surface area contributed by atoms with Crippen molar-refractivity contribution in [3.05, 3.63) is 40.0 Å². The Bertz CT molecular complexity index is 705. The summed E-state index contributed by atoms with van der Waals surface area (Å²) >= 11 is 0. The van der Waals surface area contributed by atoms with Gasteiger partial charge >= 0.3 is 5.69 Å². The van der Waals surface area contributed by atoms with E-state index in [0.717, 1.165) is 17.8 Å². The summed E-state index contributed by atoms with van der Waals surface area (Å²) < 4.78 is 3.23. The Labute approximate surface area is 133 Å². The van der Waals surface area contributed by atoms with Gasteiger partial charge in [-0.25, -0.2) is 0 Å². The van der Waals surface area contributed by atoms with Crippen LogP contribution in [0.3, 0.4) is 0 Å². The molecule has 9 nitrogen and oxygen atoms in total. The summed E-state index contributed by atoms with van der Waals surface area (Å²) in [6.07, 6.45) is 4.41. The summed E-state index contributed by atoms with van der Waals surface area (Å²) in [5.41, 5.74) is 1.78. The second-order valence-corrected chi connectivity index (χ2v) is 5.39. The lowest BCUT2D eigenvalue weighted by Gasteiger charge is -2.11. The van der Waals surface area contributed by atoms with E-state index in [9.17, 15) is 14.9 Å². The molecule has 0 aliphatic carbocycles. The Morgan fingerprint density at radius 3 is 2.74 bits per heavy atom. The van der Waals surface area contributed by atoms with Crippen molar-refractivity contribution >= 4 is 11.6 Å². The van der Waals surface area contributed by atoms with Gasteiger partial charge in [0.1, 0.15) is 12.4 Å². The zero-order valence-corrected chi connectivity index (χ0v) is 13.4. The molecule has 1 unspecified atom stereocenters. The number of aromatic nitrogens is 4. The number of nitrogens with one attached hydrogen (secondary N) is 1. The quantitative estimate of drug-likeness (QED) is 0.610. The largest absolute Gasteiger partial charge is 0.352 e. The minimum atomic E-state index is -0.512. The fraction of sp³-hybridized carbons (Fsp3) is 0.500. The van der Waals surface area contributed by atoms with Crippen LogP contribution in [0, 0.1) is 23.0 Å². The molecule has 0 aliphatic rings. The average Bonchev–Trinajstić information content (AvgIpc) is 3.11. The number of nitrogens with zero attached hydrogens (tertiary/aromatic N) is 5. The zero-order chi connectivity index (χ0) is 17.0. The van der Waals surface area contributed by atoms with Crippen molar-refractivity contribution in [3.63, 3.8) is 0 Å². The van der Waals surface area contributed by atoms with Gasteiger partial charge in [0, 0.05) is 24.8 Å². The van der Waals surface area contributed by atoms with E-state index in [0.29, 0.717) is 6.54 Å². The van der Waals surface area contributed by atoms with Crippen LogP contribution in [0.15, 0.2) is 18.6 Å². The molecule has 0 radical (unpaired) electrons. The van der Waals surface area contributed by atoms with Gasteiger partial charge in [-0.2, -0.15) is 10.2 Å². The van der Waals surface area contributed by atoms with E-state index in [1.165, 1.54) is 17.1 Å². The summed E-state index contributed by atoms with van der Waals surface area (Å²) in [5.74, 6) is -0.483. The van der Waals surface area contributed by atoms with Crippen LogP contribution in [0.25, 0.3) is 0 Å². The van der Waals surface area contributed by atoms with Gasteiger partial charge in [-0.15, -0.1) is 0 Å². The molecular formula is C14H20N6O3. The van der Waals surface area contributed by atoms with Crippen LogP contribution in [0.4, 0.5) is 5.69 Å². The third kappa shape index (κ3) is 4.15. The highest BCUT2D eigenvalue weighted by atomic mass is 16.6. The van der Waals surface area contributed by atoms with Gasteiger partial charge in [0.15, 0.2) is 0 Å². The van der Waals surface area contributed by atoms with Crippen LogP contribution in [-0.4, -0.2) is 30.4 Å². The smallest absolute Gasteiger partial charge is 0.306 e. The van der Waals surface area contributed by atoms with Crippen molar-refractivity contribution in [1.82, 2.24) is 24.9 Å². The van der Waals surface area contributed by atoms with E-state index in [-0.39, 0.29) is 24.1 Å². The second kappa shape index (κ2) is 7.03. The van der Waals surface area contributed by atoms with Crippen molar-refractivity contribution in [1.29, 1.82) is 0 Å². The molecule has 23 heavy (non-hydrogen) atoms. The third-order valence-corrected chi connectivity index (χ3v) is 3.56. The second-order valence-electron chi connectivity index (χ2n) is 5.39. The summed E-state index contributed by atoms with van der Waals surface area (Å²) in [5, 5.41) is 21.7. The van der Waals surface area contributed by atoms with Crippen molar-refractivity contribution in [2.24, 2.45) is 5.92 Å². The van der Waals surface area contributed by atoms with Gasteiger partial charge < -0.3 is 5.32 Å². The first-order valence-electron chi connectivity index (χ1n) is 7.38. The summed E-state index contributed by atoms with van der Waals surface area (Å²) in [6.45, 7) is 7.13. The molecule has 1 N–H and O–H groups in total. The Hall–Kier alpha value is -2.71. The fourth-order valence-corrected chi connectivity index (χ4v) is 2.16. The lowest BCUT2D eigenvalue weighted by molar-refractivity contribution is -0.385. The maximum Gasteiger partial charge on any atom is 0.306 e. The van der Waals surface area contributed by atoms with E-state index in [4.69, 9.17) is 0 Å². The molecule has 0 bridgehead atoms. The highest BCUT2D eigenvalue weighted by Crippen LogP contribution is 2.10. The van der Waals surface area contributed by atoms with E-state index in [1.807, 2.05) is 24.7 Å². The van der Waals surface area contributed by atoms with Crippen molar-refractivity contribution in [2.45, 2.75) is 40.4 Å². The molecule has 2 aromatic heterocycles. The maximum atomic E-state index is 12.1. The van der Waals surface area contributed by atoms with E-state index >= 15 is 0 Å². The average molecular weight is 320 g/mol. The van der Waals surface area contributed by atoms with Crippen molar-refractivity contribution in [3.8, 4) is 0 Å². The minimum absolute atomic E-state index is 0.0831. The topological polar surface area (TPSA) is 108 Å². The Balaban J connectivity index is 1.89. The van der Waals surface area contributed by atoms with Crippen LogP contribution >= 0.6 is 0 Å². The number of aryl methyl sites for hydroxylation is 2. The monoisotopic (exact) mass is 320 g/mol. The van der Waals surface area contributed by atoms with Crippen molar-refractivity contribution in [2.75, 3.05) is 0 Å². The van der Waals surface area contributed by atoms with Crippen LogP contribution < -0.4 is 5.32 Å². The van der Waals surface area contributed by atoms with Crippen LogP contribution in [0.5, 0.6) is 0 Å². The summed E-state index contributed by atoms with van der Waals surface area (Å²) in [6, 6.07) is 0. The van der Waals surface area contributed by atoms with E-state index in [2.05, 4.69) is 15.5 Å². The van der Waals surface area contributed by atoms with E-state index in [1.54, 1.807) is 6.92 Å². The van der Waals surface area contributed by atoms with E-state index < -0.39 is 4.92 Å². The van der Waals surface area contributed by atoms with Gasteiger partial charge in [-0.1, -0.05) is 6.92 Å². The lowest BCUT2D eigenvalue weighted by Crippen LogP contribution is -2.31. The Morgan fingerprint density at radius 1 is 1.43 bits per heavy atom. The highest BCUT2D eigenvalue weighted by Gasteiger charge is 2.16. The molecule has 2 aromatic rings. The number of nitro groups is 1. The number of hydrogen-bond donors (Lipinski definition) is 1. The normalized spacial score (nSPS) is 12.1. The van der Waals surface area contributed by atoms with Gasteiger partial charge in [0.05, 0.1) is 23.1 Å². The molecule has 124 valence electrons.